The second-order valence-corrected chi connectivity index (χ2v) is 3.16. The van der Waals surface area contributed by atoms with Gasteiger partial charge < -0.3 is 16.0 Å². The van der Waals surface area contributed by atoms with Crippen molar-refractivity contribution in [1.29, 1.82) is 0 Å². The highest BCUT2D eigenvalue weighted by atomic mass is 15.3. The highest BCUT2D eigenvalue weighted by Gasteiger charge is 1.87. The van der Waals surface area contributed by atoms with Gasteiger partial charge in [0.05, 0.1) is 0 Å². The SMILES string of the molecule is CNCCNCCCNNCCNC. The molecular formula is C9H25N5. The average molecular weight is 203 g/mol. The van der Waals surface area contributed by atoms with Crippen LogP contribution in [0.2, 0.25) is 0 Å². The third kappa shape index (κ3) is 11.8. The third-order valence-electron chi connectivity index (χ3n) is 1.83. The van der Waals surface area contributed by atoms with Gasteiger partial charge in [-0.3, -0.25) is 10.9 Å². The molecule has 0 aromatic heterocycles. The molecule has 0 radical (unpaired) electrons. The van der Waals surface area contributed by atoms with Gasteiger partial charge in [0.2, 0.25) is 0 Å². The molecule has 0 aromatic carbocycles. The Hall–Kier alpha value is -0.200. The molecule has 0 aliphatic carbocycles. The lowest BCUT2D eigenvalue weighted by atomic mass is 10.4. The first-order chi connectivity index (χ1) is 6.91. The topological polar surface area (TPSA) is 60.1 Å². The van der Waals surface area contributed by atoms with Crippen LogP contribution in [0, 0.1) is 0 Å². The summed E-state index contributed by atoms with van der Waals surface area (Å²) in [7, 11) is 3.92. The molecule has 0 heterocycles. The summed E-state index contributed by atoms with van der Waals surface area (Å²) in [5.74, 6) is 0. The highest BCUT2D eigenvalue weighted by molar-refractivity contribution is 4.51. The zero-order valence-corrected chi connectivity index (χ0v) is 9.45. The summed E-state index contributed by atoms with van der Waals surface area (Å²) >= 11 is 0. The maximum atomic E-state index is 3.35. The van der Waals surface area contributed by atoms with Crippen molar-refractivity contribution in [2.75, 3.05) is 53.4 Å². The van der Waals surface area contributed by atoms with Gasteiger partial charge in [-0.1, -0.05) is 0 Å². The van der Waals surface area contributed by atoms with E-state index in [1.54, 1.807) is 0 Å². The van der Waals surface area contributed by atoms with Crippen LogP contribution < -0.4 is 26.8 Å². The Morgan fingerprint density at radius 2 is 1.29 bits per heavy atom. The van der Waals surface area contributed by atoms with Crippen LogP contribution in [0.25, 0.3) is 0 Å². The van der Waals surface area contributed by atoms with Gasteiger partial charge in [-0.15, -0.1) is 0 Å². The maximum absolute atomic E-state index is 3.35. The molecule has 0 aliphatic rings. The molecule has 0 bridgehead atoms. The molecule has 0 rings (SSSR count). The van der Waals surface area contributed by atoms with E-state index in [4.69, 9.17) is 0 Å². The minimum Gasteiger partial charge on any atom is -0.318 e. The smallest absolute Gasteiger partial charge is 0.0225 e. The van der Waals surface area contributed by atoms with E-state index in [0.29, 0.717) is 0 Å². The molecular weight excluding hydrogens is 178 g/mol. The molecule has 0 saturated carbocycles. The van der Waals surface area contributed by atoms with Crippen molar-refractivity contribution in [3.05, 3.63) is 0 Å². The highest BCUT2D eigenvalue weighted by Crippen LogP contribution is 1.70. The van der Waals surface area contributed by atoms with Crippen molar-refractivity contribution in [2.45, 2.75) is 6.42 Å². The fraction of sp³-hybridized carbons (Fsp3) is 1.00. The van der Waals surface area contributed by atoms with Crippen molar-refractivity contribution >= 4 is 0 Å². The Labute approximate surface area is 87.4 Å². The lowest BCUT2D eigenvalue weighted by Crippen LogP contribution is -2.38. The molecule has 0 amide bonds. The summed E-state index contributed by atoms with van der Waals surface area (Å²) in [6.45, 7) is 6.12. The lowest BCUT2D eigenvalue weighted by molar-refractivity contribution is 0.503. The predicted octanol–water partition coefficient (Wildman–Crippen LogP) is -1.50. The first-order valence-corrected chi connectivity index (χ1v) is 5.37. The van der Waals surface area contributed by atoms with Crippen LogP contribution in [-0.4, -0.2) is 53.4 Å². The van der Waals surface area contributed by atoms with Gasteiger partial charge in [0, 0.05) is 32.7 Å². The summed E-state index contributed by atoms with van der Waals surface area (Å²) in [4.78, 5) is 0. The minimum atomic E-state index is 0.962. The number of likely N-dealkylation sites (N-methyl/N-ethyl adjacent to an activating group) is 2. The van der Waals surface area contributed by atoms with Crippen LogP contribution in [0.3, 0.4) is 0 Å². The number of rotatable bonds is 11. The summed E-state index contributed by atoms with van der Waals surface area (Å²) in [6.07, 6.45) is 1.15. The van der Waals surface area contributed by atoms with Gasteiger partial charge in [-0.05, 0) is 27.1 Å². The molecule has 0 fully saturated rings. The summed E-state index contributed by atoms with van der Waals surface area (Å²) in [6, 6.07) is 0. The van der Waals surface area contributed by atoms with E-state index < -0.39 is 0 Å². The first kappa shape index (κ1) is 13.8. The molecule has 0 unspecified atom stereocenters. The number of hydrogen-bond acceptors (Lipinski definition) is 5. The van der Waals surface area contributed by atoms with Crippen molar-refractivity contribution < 1.29 is 0 Å². The summed E-state index contributed by atoms with van der Waals surface area (Å²) < 4.78 is 0. The van der Waals surface area contributed by atoms with E-state index in [9.17, 15) is 0 Å². The van der Waals surface area contributed by atoms with Crippen molar-refractivity contribution in [3.8, 4) is 0 Å². The van der Waals surface area contributed by atoms with Crippen LogP contribution in [0.1, 0.15) is 6.42 Å². The molecule has 86 valence electrons. The second kappa shape index (κ2) is 12.8. The summed E-state index contributed by atoms with van der Waals surface area (Å²) in [5.41, 5.74) is 6.30. The molecule has 5 nitrogen and oxygen atoms in total. The Kier molecular flexibility index (Phi) is 12.6. The standard InChI is InChI=1S/C9H25N5/c1-10-6-8-12-4-3-5-13-14-9-7-11-2/h10-14H,3-9H2,1-2H3. The normalized spacial score (nSPS) is 10.7. The monoisotopic (exact) mass is 203 g/mol. The van der Waals surface area contributed by atoms with Crippen LogP contribution in [0.15, 0.2) is 0 Å². The maximum Gasteiger partial charge on any atom is 0.0225 e. The predicted molar refractivity (Wildman–Crippen MR) is 61.3 cm³/mol. The van der Waals surface area contributed by atoms with Crippen molar-refractivity contribution in [3.63, 3.8) is 0 Å². The van der Waals surface area contributed by atoms with Crippen LogP contribution in [0.5, 0.6) is 0 Å². The molecule has 0 saturated heterocycles. The molecule has 0 atom stereocenters. The molecule has 0 spiro atoms. The largest absolute Gasteiger partial charge is 0.318 e. The van der Waals surface area contributed by atoms with Gasteiger partial charge in [-0.25, -0.2) is 0 Å². The van der Waals surface area contributed by atoms with Crippen molar-refractivity contribution in [2.24, 2.45) is 0 Å². The summed E-state index contributed by atoms with van der Waals surface area (Å²) in [5, 5.41) is 9.51. The quantitative estimate of drug-likeness (QED) is 0.209. The fourth-order valence-corrected chi connectivity index (χ4v) is 1.00. The van der Waals surface area contributed by atoms with Gasteiger partial charge in [0.15, 0.2) is 0 Å². The van der Waals surface area contributed by atoms with Crippen LogP contribution >= 0.6 is 0 Å². The first-order valence-electron chi connectivity index (χ1n) is 5.37. The van der Waals surface area contributed by atoms with E-state index in [-0.39, 0.29) is 0 Å². The Bertz CT molecular complexity index is 87.2. The van der Waals surface area contributed by atoms with E-state index in [1.807, 2.05) is 14.1 Å². The van der Waals surface area contributed by atoms with E-state index >= 15 is 0 Å². The lowest BCUT2D eigenvalue weighted by Gasteiger charge is -2.07. The molecule has 14 heavy (non-hydrogen) atoms. The Morgan fingerprint density at radius 3 is 2.00 bits per heavy atom. The Morgan fingerprint density at radius 1 is 0.643 bits per heavy atom. The number of nitrogens with one attached hydrogen (secondary N) is 5. The molecule has 5 N–H and O–H groups in total. The second-order valence-electron chi connectivity index (χ2n) is 3.16. The molecule has 0 aliphatic heterocycles. The van der Waals surface area contributed by atoms with Crippen molar-refractivity contribution in [1.82, 2.24) is 26.8 Å². The number of hydrogen-bond donors (Lipinski definition) is 5. The van der Waals surface area contributed by atoms with Gasteiger partial charge >= 0.3 is 0 Å². The van der Waals surface area contributed by atoms with E-state index in [0.717, 1.165) is 45.7 Å². The fourth-order valence-electron chi connectivity index (χ4n) is 1.00. The molecule has 0 aromatic rings. The van der Waals surface area contributed by atoms with Crippen LogP contribution in [0.4, 0.5) is 0 Å². The molecule has 5 heteroatoms. The zero-order valence-electron chi connectivity index (χ0n) is 9.45. The zero-order chi connectivity index (χ0) is 10.5. The third-order valence-corrected chi connectivity index (χ3v) is 1.83. The Balaban J connectivity index is 2.78. The average Bonchev–Trinajstić information content (AvgIpc) is 2.21. The van der Waals surface area contributed by atoms with Gasteiger partial charge in [0.1, 0.15) is 0 Å². The van der Waals surface area contributed by atoms with E-state index in [2.05, 4.69) is 26.8 Å². The van der Waals surface area contributed by atoms with Gasteiger partial charge in [0.25, 0.3) is 0 Å². The minimum absolute atomic E-state index is 0.962. The van der Waals surface area contributed by atoms with Crippen LogP contribution in [-0.2, 0) is 0 Å². The number of hydrazine groups is 1. The van der Waals surface area contributed by atoms with E-state index in [1.165, 1.54) is 0 Å². The van der Waals surface area contributed by atoms with Gasteiger partial charge in [-0.2, -0.15) is 0 Å².